The monoisotopic (exact) mass is 541 g/mol. The first kappa shape index (κ1) is 25.4. The number of morpholine rings is 1. The van der Waals surface area contributed by atoms with Gasteiger partial charge in [0.05, 0.1) is 37.3 Å². The van der Waals surface area contributed by atoms with Crippen LogP contribution in [0.25, 0.3) is 16.9 Å². The van der Waals surface area contributed by atoms with E-state index in [4.69, 9.17) is 9.47 Å². The first-order chi connectivity index (χ1) is 19.0. The molecule has 0 spiro atoms. The zero-order valence-corrected chi connectivity index (χ0v) is 21.3. The summed E-state index contributed by atoms with van der Waals surface area (Å²) in [5, 5.41) is 0. The average Bonchev–Trinajstić information content (AvgIpc) is 3.52. The normalized spacial score (nSPS) is 18.3. The Morgan fingerprint density at radius 3 is 2.64 bits per heavy atom. The molecule has 0 N–H and O–H groups in total. The molecule has 3 aromatic rings. The van der Waals surface area contributed by atoms with Gasteiger partial charge in [-0.3, -0.25) is 14.2 Å². The number of benzene rings is 1. The second-order valence-corrected chi connectivity index (χ2v) is 9.83. The number of imidazole rings is 1. The minimum Gasteiger partial charge on any atom is -0.470 e. The van der Waals surface area contributed by atoms with E-state index >= 15 is 0 Å². The summed E-state index contributed by atoms with van der Waals surface area (Å²) in [4.78, 5) is 43.1. The number of hydrogen-bond acceptors (Lipinski definition) is 8. The van der Waals surface area contributed by atoms with Gasteiger partial charge in [0.15, 0.2) is 5.82 Å². The quantitative estimate of drug-likeness (QED) is 0.428. The van der Waals surface area contributed by atoms with Gasteiger partial charge in [-0.2, -0.15) is 9.97 Å². The Bertz CT molecular complexity index is 1370. The Balaban J connectivity index is 1.22. The number of fused-ring (bicyclic) bond motifs is 1. The van der Waals surface area contributed by atoms with E-state index in [0.29, 0.717) is 75.9 Å². The number of likely N-dealkylation sites (tertiary alicyclic amines) is 2. The zero-order chi connectivity index (χ0) is 26.9. The number of amides is 2. The SMILES string of the molecule is O=C1CCCN1CCC(=O)N1CC(Oc2cc(-n3c(C(F)F)nc4ccccc43)nc(N3CCOCC3)n2)C1. The molecule has 0 bridgehead atoms. The van der Waals surface area contributed by atoms with Crippen LogP contribution in [0.15, 0.2) is 30.3 Å². The number of ether oxygens (including phenoxy) is 2. The molecule has 0 unspecified atom stereocenters. The second kappa shape index (κ2) is 10.7. The Labute approximate surface area is 223 Å². The molecule has 0 atom stereocenters. The van der Waals surface area contributed by atoms with Gasteiger partial charge < -0.3 is 24.2 Å². The molecular weight excluding hydrogens is 512 g/mol. The average molecular weight is 542 g/mol. The van der Waals surface area contributed by atoms with Crippen LogP contribution in [0.5, 0.6) is 5.88 Å². The standard InChI is InChI=1S/C26H29F2N7O4/c27-24(28)25-29-18-4-1-2-5-19(18)35(25)20-14-21(31-26(30-20)33-10-12-38-13-11-33)39-17-15-34(16-17)23(37)7-9-32-8-3-6-22(32)36/h1-2,4-5,14,17,24H,3,6-13,15-16H2. The molecule has 0 saturated carbocycles. The lowest BCUT2D eigenvalue weighted by Crippen LogP contribution is -2.56. The van der Waals surface area contributed by atoms with Gasteiger partial charge in [0.1, 0.15) is 11.9 Å². The lowest BCUT2D eigenvalue weighted by molar-refractivity contribution is -0.140. The van der Waals surface area contributed by atoms with E-state index in [9.17, 15) is 18.4 Å². The number of anilines is 1. The van der Waals surface area contributed by atoms with Crippen molar-refractivity contribution in [1.82, 2.24) is 29.3 Å². The number of para-hydroxylation sites is 2. The molecule has 11 nitrogen and oxygen atoms in total. The van der Waals surface area contributed by atoms with Gasteiger partial charge >= 0.3 is 0 Å². The predicted octanol–water partition coefficient (Wildman–Crippen LogP) is 2.19. The Morgan fingerprint density at radius 2 is 1.90 bits per heavy atom. The van der Waals surface area contributed by atoms with E-state index < -0.39 is 12.2 Å². The molecule has 206 valence electrons. The maximum Gasteiger partial charge on any atom is 0.296 e. The number of carbonyl (C=O) groups is 2. The van der Waals surface area contributed by atoms with Gasteiger partial charge in [-0.15, -0.1) is 0 Å². The zero-order valence-electron chi connectivity index (χ0n) is 21.3. The molecule has 5 heterocycles. The summed E-state index contributed by atoms with van der Waals surface area (Å²) in [6.45, 7) is 4.03. The molecule has 2 aromatic heterocycles. The summed E-state index contributed by atoms with van der Waals surface area (Å²) in [5.74, 6) is 0.478. The van der Waals surface area contributed by atoms with Crippen molar-refractivity contribution in [3.63, 3.8) is 0 Å². The third kappa shape index (κ3) is 5.22. The van der Waals surface area contributed by atoms with Crippen LogP contribution < -0.4 is 9.64 Å². The molecular formula is C26H29F2N7O4. The predicted molar refractivity (Wildman–Crippen MR) is 136 cm³/mol. The molecule has 2 amide bonds. The lowest BCUT2D eigenvalue weighted by atomic mass is 10.1. The van der Waals surface area contributed by atoms with Gasteiger partial charge in [0.2, 0.25) is 23.6 Å². The third-order valence-electron chi connectivity index (χ3n) is 7.24. The van der Waals surface area contributed by atoms with Gasteiger partial charge in [0, 0.05) is 45.1 Å². The first-order valence-corrected chi connectivity index (χ1v) is 13.2. The number of hydrogen-bond donors (Lipinski definition) is 0. The summed E-state index contributed by atoms with van der Waals surface area (Å²) in [6.07, 6.45) is -1.44. The molecule has 3 aliphatic heterocycles. The summed E-state index contributed by atoms with van der Waals surface area (Å²) >= 11 is 0. The maximum atomic E-state index is 14.0. The fraction of sp³-hybridized carbons (Fsp3) is 0.500. The summed E-state index contributed by atoms with van der Waals surface area (Å²) in [7, 11) is 0. The molecule has 13 heteroatoms. The number of carbonyl (C=O) groups excluding carboxylic acids is 2. The molecule has 39 heavy (non-hydrogen) atoms. The fourth-order valence-electron chi connectivity index (χ4n) is 5.13. The van der Waals surface area contributed by atoms with E-state index in [1.165, 1.54) is 10.6 Å². The van der Waals surface area contributed by atoms with Crippen LogP contribution in [0, 0.1) is 0 Å². The number of halogens is 2. The van der Waals surface area contributed by atoms with Crippen LogP contribution in [0.4, 0.5) is 14.7 Å². The highest BCUT2D eigenvalue weighted by Gasteiger charge is 2.34. The van der Waals surface area contributed by atoms with Crippen LogP contribution in [0.3, 0.4) is 0 Å². The summed E-state index contributed by atoms with van der Waals surface area (Å²) in [6, 6.07) is 8.44. The first-order valence-electron chi connectivity index (χ1n) is 13.2. The van der Waals surface area contributed by atoms with Crippen molar-refractivity contribution in [2.45, 2.75) is 31.8 Å². The lowest BCUT2D eigenvalue weighted by Gasteiger charge is -2.39. The summed E-state index contributed by atoms with van der Waals surface area (Å²) < 4.78 is 41.0. The van der Waals surface area contributed by atoms with Crippen LogP contribution in [-0.2, 0) is 14.3 Å². The van der Waals surface area contributed by atoms with E-state index in [2.05, 4.69) is 15.0 Å². The summed E-state index contributed by atoms with van der Waals surface area (Å²) in [5.41, 5.74) is 0.938. The van der Waals surface area contributed by atoms with E-state index in [1.54, 1.807) is 34.1 Å². The van der Waals surface area contributed by atoms with Crippen molar-refractivity contribution < 1.29 is 27.8 Å². The van der Waals surface area contributed by atoms with Crippen molar-refractivity contribution in [2.24, 2.45) is 0 Å². The molecule has 3 aliphatic rings. The third-order valence-corrected chi connectivity index (χ3v) is 7.24. The fourth-order valence-corrected chi connectivity index (χ4v) is 5.13. The Kier molecular flexibility index (Phi) is 6.98. The van der Waals surface area contributed by atoms with Gasteiger partial charge in [0.25, 0.3) is 6.43 Å². The van der Waals surface area contributed by atoms with Crippen molar-refractivity contribution in [1.29, 1.82) is 0 Å². The van der Waals surface area contributed by atoms with Crippen molar-refractivity contribution in [2.75, 3.05) is 57.4 Å². The highest BCUT2D eigenvalue weighted by atomic mass is 19.3. The largest absolute Gasteiger partial charge is 0.470 e. The maximum absolute atomic E-state index is 14.0. The van der Waals surface area contributed by atoms with Crippen LogP contribution >= 0.6 is 0 Å². The Hall–Kier alpha value is -3.87. The van der Waals surface area contributed by atoms with Crippen molar-refractivity contribution in [3.05, 3.63) is 36.2 Å². The van der Waals surface area contributed by atoms with Crippen molar-refractivity contribution in [3.8, 4) is 11.7 Å². The van der Waals surface area contributed by atoms with Gasteiger partial charge in [-0.25, -0.2) is 13.8 Å². The highest BCUT2D eigenvalue weighted by molar-refractivity contribution is 5.81. The minimum atomic E-state index is -2.81. The molecule has 3 saturated heterocycles. The van der Waals surface area contributed by atoms with E-state index in [0.717, 1.165) is 6.42 Å². The number of rotatable bonds is 8. The van der Waals surface area contributed by atoms with E-state index in [1.807, 2.05) is 4.90 Å². The number of aromatic nitrogens is 4. The van der Waals surface area contributed by atoms with Crippen LogP contribution in [0.2, 0.25) is 0 Å². The molecule has 1 aromatic carbocycles. The molecule has 0 aliphatic carbocycles. The van der Waals surface area contributed by atoms with Gasteiger partial charge in [-0.1, -0.05) is 12.1 Å². The second-order valence-electron chi connectivity index (χ2n) is 9.83. The van der Waals surface area contributed by atoms with Crippen LogP contribution in [-0.4, -0.2) is 99.7 Å². The molecule has 6 rings (SSSR count). The smallest absolute Gasteiger partial charge is 0.296 e. The number of nitrogens with zero attached hydrogens (tertiary/aromatic N) is 7. The topological polar surface area (TPSA) is 106 Å². The van der Waals surface area contributed by atoms with Crippen LogP contribution in [0.1, 0.15) is 31.5 Å². The van der Waals surface area contributed by atoms with Crippen molar-refractivity contribution >= 4 is 28.8 Å². The highest BCUT2D eigenvalue weighted by Crippen LogP contribution is 2.30. The minimum absolute atomic E-state index is 0.0293. The van der Waals surface area contributed by atoms with E-state index in [-0.39, 0.29) is 36.0 Å². The van der Waals surface area contributed by atoms with Gasteiger partial charge in [-0.05, 0) is 18.6 Å². The molecule has 3 fully saturated rings. The Morgan fingerprint density at radius 1 is 1.10 bits per heavy atom. The molecule has 0 radical (unpaired) electrons. The number of alkyl halides is 2.